The van der Waals surface area contributed by atoms with Gasteiger partial charge < -0.3 is 4.18 Å². The summed E-state index contributed by atoms with van der Waals surface area (Å²) in [4.78, 5) is 12.4. The number of rotatable bonds is 5. The summed E-state index contributed by atoms with van der Waals surface area (Å²) in [5, 5.41) is -6.91. The van der Waals surface area contributed by atoms with E-state index in [-0.39, 0.29) is 23.5 Å². The van der Waals surface area contributed by atoms with Gasteiger partial charge in [0.05, 0.1) is 0 Å². The molecule has 0 heterocycles. The minimum Gasteiger partial charge on any atom is -0.378 e. The zero-order valence-electron chi connectivity index (χ0n) is 18.6. The standard InChI is InChI=1S/C22H21F9O4S/c1-18-9-8-14-13-5-3-12(10-11(13)2-4-15(14)16(18)6-7-17(18)32)35-36(33,34)22(30,31)20(25,26)19(23,24)21(27,28)29/h3,5,10,14-16H,2,4,6-9H2,1H3. The highest BCUT2D eigenvalue weighted by Gasteiger charge is 2.86. The van der Waals surface area contributed by atoms with Crippen LogP contribution in [0.3, 0.4) is 0 Å². The van der Waals surface area contributed by atoms with E-state index in [2.05, 4.69) is 4.18 Å². The SMILES string of the molecule is CC12CCC3c4ccc(OS(=O)(=O)C(F)(F)C(F)(F)C(F)(F)C(F)(F)F)cc4CCC3C1CCC2=O. The van der Waals surface area contributed by atoms with E-state index in [9.17, 15) is 52.7 Å². The molecule has 0 aliphatic heterocycles. The quantitative estimate of drug-likeness (QED) is 0.320. The van der Waals surface area contributed by atoms with Gasteiger partial charge in [0.2, 0.25) is 0 Å². The first kappa shape index (κ1) is 27.1. The van der Waals surface area contributed by atoms with Gasteiger partial charge in [-0.1, -0.05) is 13.0 Å². The van der Waals surface area contributed by atoms with Crippen LogP contribution in [0.15, 0.2) is 18.2 Å². The van der Waals surface area contributed by atoms with Crippen LogP contribution < -0.4 is 4.18 Å². The molecule has 3 aliphatic carbocycles. The second-order valence-electron chi connectivity index (χ2n) is 9.89. The molecule has 3 aliphatic rings. The molecule has 0 saturated heterocycles. The molecule has 0 spiro atoms. The third-order valence-corrected chi connectivity index (χ3v) is 9.34. The highest BCUT2D eigenvalue weighted by Crippen LogP contribution is 2.60. The normalized spacial score (nSPS) is 29.4. The highest BCUT2D eigenvalue weighted by atomic mass is 32.2. The summed E-state index contributed by atoms with van der Waals surface area (Å²) in [5.74, 6) is -15.2. The number of carbonyl (C=O) groups is 1. The van der Waals surface area contributed by atoms with Gasteiger partial charge in [-0.05, 0) is 73.1 Å². The monoisotopic (exact) mass is 552 g/mol. The zero-order chi connectivity index (χ0) is 27.1. The Kier molecular flexibility index (Phi) is 6.01. The second-order valence-corrected chi connectivity index (χ2v) is 11.5. The molecule has 36 heavy (non-hydrogen) atoms. The van der Waals surface area contributed by atoms with Crippen LogP contribution in [0, 0.1) is 17.3 Å². The average molecular weight is 552 g/mol. The van der Waals surface area contributed by atoms with Crippen molar-refractivity contribution in [1.29, 1.82) is 0 Å². The lowest BCUT2D eigenvalue weighted by Crippen LogP contribution is -2.63. The number of ketones is 1. The molecule has 0 aromatic heterocycles. The number of carbonyl (C=O) groups excluding carboxylic acids is 1. The number of fused-ring (bicyclic) bond motifs is 5. The molecule has 4 rings (SSSR count). The van der Waals surface area contributed by atoms with Crippen molar-refractivity contribution in [2.75, 3.05) is 0 Å². The van der Waals surface area contributed by atoms with Crippen LogP contribution in [-0.4, -0.2) is 37.5 Å². The van der Waals surface area contributed by atoms with E-state index in [0.717, 1.165) is 24.1 Å². The molecule has 0 bridgehead atoms. The van der Waals surface area contributed by atoms with Crippen molar-refractivity contribution in [2.24, 2.45) is 17.3 Å². The molecular formula is C22H21F9O4S. The van der Waals surface area contributed by atoms with Crippen molar-refractivity contribution in [3.05, 3.63) is 29.3 Å². The van der Waals surface area contributed by atoms with E-state index >= 15 is 0 Å². The smallest absolute Gasteiger partial charge is 0.378 e. The van der Waals surface area contributed by atoms with Crippen molar-refractivity contribution in [2.45, 2.75) is 74.6 Å². The summed E-state index contributed by atoms with van der Waals surface area (Å²) in [7, 11) is -6.99. The van der Waals surface area contributed by atoms with E-state index < -0.39 is 44.6 Å². The fourth-order valence-corrected chi connectivity index (χ4v) is 6.98. The Bertz CT molecular complexity index is 1180. The molecule has 2 saturated carbocycles. The molecule has 4 nitrogen and oxygen atoms in total. The van der Waals surface area contributed by atoms with Crippen LogP contribution >= 0.6 is 0 Å². The van der Waals surface area contributed by atoms with E-state index in [4.69, 9.17) is 0 Å². The molecule has 4 atom stereocenters. The molecule has 1 aromatic carbocycles. The van der Waals surface area contributed by atoms with E-state index in [1.807, 2.05) is 6.92 Å². The van der Waals surface area contributed by atoms with E-state index in [1.165, 1.54) is 6.07 Å². The molecule has 202 valence electrons. The van der Waals surface area contributed by atoms with E-state index in [0.29, 0.717) is 37.7 Å². The van der Waals surface area contributed by atoms with Crippen LogP contribution in [-0.2, 0) is 21.3 Å². The van der Waals surface area contributed by atoms with Crippen molar-refractivity contribution in [1.82, 2.24) is 0 Å². The number of halogens is 9. The van der Waals surface area contributed by atoms with Gasteiger partial charge in [0, 0.05) is 11.8 Å². The number of Topliss-reactive ketones (excluding diaryl/α,β-unsaturated/α-hetero) is 1. The summed E-state index contributed by atoms with van der Waals surface area (Å²) in [5.41, 5.74) is 0.760. The Labute approximate surface area is 200 Å². The predicted molar refractivity (Wildman–Crippen MR) is 107 cm³/mol. The Hall–Kier alpha value is -1.99. The fourth-order valence-electron chi connectivity index (χ4n) is 6.08. The first-order valence-electron chi connectivity index (χ1n) is 11.1. The Morgan fingerprint density at radius 2 is 1.56 bits per heavy atom. The number of benzene rings is 1. The number of hydrogen-bond donors (Lipinski definition) is 0. The van der Waals surface area contributed by atoms with Gasteiger partial charge in [-0.2, -0.15) is 47.9 Å². The first-order valence-corrected chi connectivity index (χ1v) is 12.5. The second kappa shape index (κ2) is 8.00. The van der Waals surface area contributed by atoms with Gasteiger partial charge in [-0.15, -0.1) is 0 Å². The van der Waals surface area contributed by atoms with Crippen molar-refractivity contribution in [3.8, 4) is 5.75 Å². The molecule has 2 fully saturated rings. The molecule has 0 radical (unpaired) electrons. The van der Waals surface area contributed by atoms with Crippen molar-refractivity contribution >= 4 is 15.9 Å². The van der Waals surface area contributed by atoms with Crippen LogP contribution in [0.1, 0.15) is 56.1 Å². The summed E-state index contributed by atoms with van der Waals surface area (Å²) < 4.78 is 146. The predicted octanol–water partition coefficient (Wildman–Crippen LogP) is 6.25. The van der Waals surface area contributed by atoms with Gasteiger partial charge in [0.25, 0.3) is 0 Å². The molecular weight excluding hydrogens is 531 g/mol. The Morgan fingerprint density at radius 1 is 0.917 bits per heavy atom. The molecule has 14 heteroatoms. The average Bonchev–Trinajstić information content (AvgIpc) is 3.06. The summed E-state index contributed by atoms with van der Waals surface area (Å²) >= 11 is 0. The van der Waals surface area contributed by atoms with Gasteiger partial charge >= 0.3 is 33.4 Å². The Balaban J connectivity index is 1.60. The lowest BCUT2D eigenvalue weighted by atomic mass is 9.55. The van der Waals surface area contributed by atoms with Crippen LogP contribution in [0.25, 0.3) is 0 Å². The third kappa shape index (κ3) is 3.64. The number of aryl methyl sites for hydroxylation is 1. The molecule has 4 unspecified atom stereocenters. The summed E-state index contributed by atoms with van der Waals surface area (Å²) in [6.45, 7) is 1.94. The largest absolute Gasteiger partial charge is 0.460 e. The Morgan fingerprint density at radius 3 is 2.17 bits per heavy atom. The van der Waals surface area contributed by atoms with Gasteiger partial charge in [0.1, 0.15) is 11.5 Å². The van der Waals surface area contributed by atoms with E-state index in [1.54, 1.807) is 0 Å². The van der Waals surface area contributed by atoms with Crippen molar-refractivity contribution < 1.29 is 56.9 Å². The highest BCUT2D eigenvalue weighted by molar-refractivity contribution is 7.88. The number of hydrogen-bond acceptors (Lipinski definition) is 4. The minimum atomic E-state index is -7.36. The van der Waals surface area contributed by atoms with Crippen LogP contribution in [0.5, 0.6) is 5.75 Å². The summed E-state index contributed by atoms with van der Waals surface area (Å²) in [6.07, 6.45) is -3.80. The zero-order valence-corrected chi connectivity index (χ0v) is 19.5. The topological polar surface area (TPSA) is 60.4 Å². The van der Waals surface area contributed by atoms with Crippen molar-refractivity contribution in [3.63, 3.8) is 0 Å². The minimum absolute atomic E-state index is 0.0281. The number of alkyl halides is 9. The van der Waals surface area contributed by atoms with Gasteiger partial charge in [-0.25, -0.2) is 0 Å². The lowest BCUT2D eigenvalue weighted by Gasteiger charge is -2.48. The molecule has 0 amide bonds. The first-order chi connectivity index (χ1) is 16.3. The maximum atomic E-state index is 14.0. The fraction of sp³-hybridized carbons (Fsp3) is 0.682. The third-order valence-electron chi connectivity index (χ3n) is 8.04. The lowest BCUT2D eigenvalue weighted by molar-refractivity contribution is -0.382. The van der Waals surface area contributed by atoms with Crippen LogP contribution in [0.4, 0.5) is 39.5 Å². The molecule has 0 N–H and O–H groups in total. The maximum Gasteiger partial charge on any atom is 0.460 e. The van der Waals surface area contributed by atoms with Crippen LogP contribution in [0.2, 0.25) is 0 Å². The maximum absolute atomic E-state index is 14.0. The van der Waals surface area contributed by atoms with Gasteiger partial charge in [0.15, 0.2) is 0 Å². The van der Waals surface area contributed by atoms with Gasteiger partial charge in [-0.3, -0.25) is 4.79 Å². The molecule has 1 aromatic rings. The summed E-state index contributed by atoms with van der Waals surface area (Å²) in [6, 6.07) is 3.19.